The molecule has 0 saturated heterocycles. The summed E-state index contributed by atoms with van der Waals surface area (Å²) in [6, 6.07) is 7.24. The number of carbonyl (C=O) groups excluding carboxylic acids is 1. The summed E-state index contributed by atoms with van der Waals surface area (Å²) in [6.07, 6.45) is 22.3. The Hall–Kier alpha value is -5.14. The number of aliphatic hydroxyl groups excluding tert-OH is 3. The Morgan fingerprint density at radius 1 is 1.00 bits per heavy atom. The Morgan fingerprint density at radius 3 is 2.66 bits per heavy atom. The molecule has 2 bridgehead atoms. The van der Waals surface area contributed by atoms with E-state index in [1.54, 1.807) is 6.07 Å². The summed E-state index contributed by atoms with van der Waals surface area (Å²) < 4.78 is 13.2. The summed E-state index contributed by atoms with van der Waals surface area (Å²) in [6.45, 7) is 1.18. The highest BCUT2D eigenvalue weighted by atomic mass is 16.5. The number of aryl methyl sites for hydroxylation is 1. The number of carbonyl (C=O) groups is 1. The first-order valence-corrected chi connectivity index (χ1v) is 23.7. The van der Waals surface area contributed by atoms with Crippen molar-refractivity contribution < 1.29 is 34.7 Å². The van der Waals surface area contributed by atoms with Crippen LogP contribution >= 0.6 is 0 Å². The van der Waals surface area contributed by atoms with Crippen LogP contribution in [0.3, 0.4) is 0 Å². The van der Waals surface area contributed by atoms with E-state index in [0.717, 1.165) is 64.8 Å². The molecule has 5 heterocycles. The summed E-state index contributed by atoms with van der Waals surface area (Å²) in [5.41, 5.74) is 13.5. The fraction of sp³-hybridized carbons (Fsp3) is 0.509. The zero-order valence-corrected chi connectivity index (χ0v) is 36.2. The van der Waals surface area contributed by atoms with Crippen LogP contribution in [0.1, 0.15) is 129 Å². The highest BCUT2D eigenvalue weighted by Gasteiger charge is 2.49. The SMILES string of the molecule is NC1NCC2C=CC3C4=CN=C5CN(C=C45)C4Oc5cc(CCC(=O)CC(O)C6C=CC(C7CCCCC7)CC6O)c(O)cc5OC#CC5(CCCC5)C4C#CC(O)c4ccc1c2c43. The number of phenolic OH excluding ortho intramolecular Hbond substituents is 1. The van der Waals surface area contributed by atoms with Crippen LogP contribution in [0.25, 0.3) is 0 Å². The average Bonchev–Trinajstić information content (AvgIpc) is 4.05. The van der Waals surface area contributed by atoms with E-state index in [0.29, 0.717) is 42.7 Å². The predicted molar refractivity (Wildman–Crippen MR) is 242 cm³/mol. The first kappa shape index (κ1) is 41.6. The lowest BCUT2D eigenvalue weighted by Crippen LogP contribution is -2.47. The lowest BCUT2D eigenvalue weighted by molar-refractivity contribution is -0.122. The molecular weight excluding hydrogens is 805 g/mol. The van der Waals surface area contributed by atoms with Gasteiger partial charge in [0.05, 0.1) is 42.0 Å². The quantitative estimate of drug-likeness (QED) is 0.132. The number of Topliss-reactive ketones (excluding diaryl/α,β-unsaturated/α-hetero) is 1. The molecule has 64 heavy (non-hydrogen) atoms. The van der Waals surface area contributed by atoms with Crippen molar-refractivity contribution in [3.05, 3.63) is 99.9 Å². The van der Waals surface area contributed by atoms with Crippen molar-refractivity contribution >= 4 is 11.5 Å². The smallest absolute Gasteiger partial charge is 0.187 e. The molecule has 0 aromatic heterocycles. The fourth-order valence-electron chi connectivity index (χ4n) is 12.5. The zero-order chi connectivity index (χ0) is 43.7. The largest absolute Gasteiger partial charge is 0.508 e. The molecule has 2 aromatic carbocycles. The Bertz CT molecular complexity index is 2520. The van der Waals surface area contributed by atoms with Crippen molar-refractivity contribution in [3.8, 4) is 41.1 Å². The van der Waals surface area contributed by atoms with Gasteiger partial charge in [-0.2, -0.15) is 0 Å². The minimum atomic E-state index is -1.09. The predicted octanol–water partition coefficient (Wildman–Crippen LogP) is 6.60. The van der Waals surface area contributed by atoms with E-state index in [9.17, 15) is 25.2 Å². The number of aliphatic imine (C=N–C) groups is 1. The fourth-order valence-corrected chi connectivity index (χ4v) is 12.5. The van der Waals surface area contributed by atoms with Crippen molar-refractivity contribution in [1.82, 2.24) is 10.2 Å². The maximum Gasteiger partial charge on any atom is 0.187 e. The number of nitrogens with one attached hydrogen (secondary N) is 1. The van der Waals surface area contributed by atoms with E-state index in [-0.39, 0.29) is 54.5 Å². The monoisotopic (exact) mass is 862 g/mol. The van der Waals surface area contributed by atoms with E-state index >= 15 is 0 Å². The Labute approximate surface area is 375 Å². The summed E-state index contributed by atoms with van der Waals surface area (Å²) in [5.74, 6) is 10.7. The summed E-state index contributed by atoms with van der Waals surface area (Å²) in [7, 11) is 0. The number of allylic oxidation sites excluding steroid dienone is 3. The molecule has 9 aliphatic rings. The van der Waals surface area contributed by atoms with E-state index in [2.05, 4.69) is 58.5 Å². The third kappa shape index (κ3) is 7.30. The molecule has 2 saturated carbocycles. The van der Waals surface area contributed by atoms with E-state index in [1.165, 1.54) is 38.2 Å². The number of nitrogens with two attached hydrogens (primary N) is 1. The molecular formula is C53H58N4O7. The minimum Gasteiger partial charge on any atom is -0.508 e. The lowest BCUT2D eigenvalue weighted by Gasteiger charge is -2.39. The summed E-state index contributed by atoms with van der Waals surface area (Å²) >= 11 is 0. The molecule has 0 amide bonds. The molecule has 10 atom stereocenters. The molecule has 5 aliphatic heterocycles. The van der Waals surface area contributed by atoms with Crippen LogP contribution in [0.4, 0.5) is 0 Å². The van der Waals surface area contributed by atoms with Crippen LogP contribution in [-0.4, -0.2) is 68.3 Å². The second kappa shape index (κ2) is 16.7. The number of fused-ring (bicyclic) bond motifs is 6. The van der Waals surface area contributed by atoms with Gasteiger partial charge in [0.15, 0.2) is 17.7 Å². The highest BCUT2D eigenvalue weighted by molar-refractivity contribution is 6.10. The molecule has 7 N–H and O–H groups in total. The number of hydrogen-bond acceptors (Lipinski definition) is 11. The van der Waals surface area contributed by atoms with Crippen LogP contribution in [-0.2, 0) is 11.2 Å². The minimum absolute atomic E-state index is 0.0489. The lowest BCUT2D eigenvalue weighted by atomic mass is 9.71. The average molecular weight is 863 g/mol. The van der Waals surface area contributed by atoms with Gasteiger partial charge in [-0.3, -0.25) is 15.1 Å². The first-order valence-electron chi connectivity index (χ1n) is 23.7. The molecule has 4 aliphatic carbocycles. The number of nitrogens with zero attached hydrogens (tertiary/aromatic N) is 2. The standard InChI is InChI=1S/C53H58N4O7/c54-51-38-15-14-37-43(59)17-16-41-52(57-28-40-39(27-55-42(40)29-57)35-12-10-33(26-56-51)49(38)50(35)37)64-48-23-32(44(60)25-47(48)63-21-20-53(41)18-4-5-19-53)8-11-34(58)24-46(62)36-13-9-31(22-45(36)61)30-6-2-1-3-7-30/h9-10,12-15,23,25,27-28,30-31,33,35-36,41,43,45-46,51-52,56,59-62H,1-8,11,18-19,22,24,26,29,54H2. The van der Waals surface area contributed by atoms with Crippen molar-refractivity contribution in [1.29, 1.82) is 0 Å². The van der Waals surface area contributed by atoms with Crippen LogP contribution in [0, 0.1) is 53.0 Å². The topological polar surface area (TPSA) is 170 Å². The number of rotatable bonds is 7. The van der Waals surface area contributed by atoms with Crippen molar-refractivity contribution in [2.24, 2.45) is 39.8 Å². The second-order valence-corrected chi connectivity index (χ2v) is 19.7. The van der Waals surface area contributed by atoms with Crippen LogP contribution in [0.15, 0.2) is 77.1 Å². The van der Waals surface area contributed by atoms with Gasteiger partial charge in [-0.1, -0.05) is 86.3 Å². The Morgan fingerprint density at radius 2 is 1.83 bits per heavy atom. The number of aromatic hydroxyl groups is 1. The molecule has 2 fully saturated rings. The van der Waals surface area contributed by atoms with Crippen LogP contribution in [0.2, 0.25) is 0 Å². The van der Waals surface area contributed by atoms with Gasteiger partial charge in [0.1, 0.15) is 23.7 Å². The molecule has 10 unspecified atom stereocenters. The van der Waals surface area contributed by atoms with Gasteiger partial charge < -0.3 is 40.5 Å². The van der Waals surface area contributed by atoms with Crippen LogP contribution < -0.4 is 20.5 Å². The molecule has 11 heteroatoms. The number of ether oxygens (including phenoxy) is 2. The summed E-state index contributed by atoms with van der Waals surface area (Å²) in [5, 5.41) is 49.2. The molecule has 2 aromatic rings. The maximum atomic E-state index is 13.4. The highest BCUT2D eigenvalue weighted by Crippen LogP contribution is 2.52. The van der Waals surface area contributed by atoms with Gasteiger partial charge in [-0.05, 0) is 89.8 Å². The molecule has 0 radical (unpaired) electrons. The van der Waals surface area contributed by atoms with Crippen molar-refractivity contribution in [2.45, 2.75) is 126 Å². The van der Waals surface area contributed by atoms with Gasteiger partial charge in [-0.15, -0.1) is 0 Å². The van der Waals surface area contributed by atoms with Gasteiger partial charge >= 0.3 is 0 Å². The van der Waals surface area contributed by atoms with Gasteiger partial charge in [-0.25, -0.2) is 0 Å². The van der Waals surface area contributed by atoms with Gasteiger partial charge in [0.25, 0.3) is 0 Å². The molecule has 332 valence electrons. The van der Waals surface area contributed by atoms with Crippen molar-refractivity contribution in [3.63, 3.8) is 0 Å². The Kier molecular flexibility index (Phi) is 10.8. The number of benzene rings is 2. The van der Waals surface area contributed by atoms with E-state index in [4.69, 9.17) is 20.2 Å². The number of ketones is 1. The third-order valence-corrected chi connectivity index (χ3v) is 16.0. The summed E-state index contributed by atoms with van der Waals surface area (Å²) in [4.78, 5) is 20.6. The second-order valence-electron chi connectivity index (χ2n) is 19.7. The van der Waals surface area contributed by atoms with Gasteiger partial charge in [0.2, 0.25) is 0 Å². The number of phenols is 1. The molecule has 11 rings (SSSR count). The van der Waals surface area contributed by atoms with Gasteiger partial charge in [0, 0.05) is 61.2 Å². The number of aliphatic hydroxyl groups is 3. The molecule has 1 spiro atoms. The first-order chi connectivity index (χ1) is 31.1. The Balaban J connectivity index is 0.896. The zero-order valence-electron chi connectivity index (χ0n) is 36.2. The normalized spacial score (nSPS) is 32.1. The van der Waals surface area contributed by atoms with Crippen LogP contribution in [0.5, 0.6) is 17.2 Å². The van der Waals surface area contributed by atoms with Crippen molar-refractivity contribution in [2.75, 3.05) is 13.1 Å². The third-order valence-electron chi connectivity index (χ3n) is 16.0. The van der Waals surface area contributed by atoms with E-state index < -0.39 is 41.8 Å². The maximum absolute atomic E-state index is 13.4. The van der Waals surface area contributed by atoms with E-state index in [1.807, 2.05) is 24.4 Å². The number of hydrogen-bond donors (Lipinski definition) is 6. The molecule has 11 nitrogen and oxygen atoms in total.